The van der Waals surface area contributed by atoms with Crippen molar-refractivity contribution >= 4 is 11.5 Å². The van der Waals surface area contributed by atoms with Crippen molar-refractivity contribution < 1.29 is 0 Å². The molecule has 2 rings (SSSR count). The van der Waals surface area contributed by atoms with E-state index in [1.165, 1.54) is 0 Å². The monoisotopic (exact) mass is 252 g/mol. The van der Waals surface area contributed by atoms with Crippen LogP contribution in [0, 0.1) is 39.0 Å². The molecule has 0 radical (unpaired) electrons. The highest BCUT2D eigenvalue weighted by atomic mass is 15.0. The molecular weight excluding hydrogens is 236 g/mol. The lowest BCUT2D eigenvalue weighted by Gasteiger charge is -2.12. The van der Waals surface area contributed by atoms with Gasteiger partial charge in [-0.15, -0.1) is 0 Å². The van der Waals surface area contributed by atoms with Crippen LogP contribution in [0.5, 0.6) is 0 Å². The smallest absolute Gasteiger partial charge is 0.148 e. The van der Waals surface area contributed by atoms with Gasteiger partial charge in [-0.2, -0.15) is 5.26 Å². The SMILES string of the molecule is Cc1ccc(Nc2nc(C)cc(C)c2C#N)c(C)n1. The van der Waals surface area contributed by atoms with Crippen molar-refractivity contribution in [2.24, 2.45) is 0 Å². The highest BCUT2D eigenvalue weighted by Gasteiger charge is 2.10. The highest BCUT2D eigenvalue weighted by Crippen LogP contribution is 2.23. The number of aryl methyl sites for hydroxylation is 4. The molecule has 4 nitrogen and oxygen atoms in total. The topological polar surface area (TPSA) is 61.6 Å². The Bertz CT molecular complexity index is 669. The van der Waals surface area contributed by atoms with E-state index < -0.39 is 0 Å². The molecule has 2 heterocycles. The van der Waals surface area contributed by atoms with Crippen LogP contribution in [0.4, 0.5) is 11.5 Å². The molecule has 0 aliphatic rings. The maximum atomic E-state index is 9.24. The number of pyridine rings is 2. The second kappa shape index (κ2) is 5.07. The number of hydrogen-bond acceptors (Lipinski definition) is 4. The van der Waals surface area contributed by atoms with Gasteiger partial charge in [0.2, 0.25) is 0 Å². The minimum Gasteiger partial charge on any atom is -0.338 e. The van der Waals surface area contributed by atoms with Crippen molar-refractivity contribution in [2.75, 3.05) is 5.32 Å². The van der Waals surface area contributed by atoms with E-state index in [4.69, 9.17) is 0 Å². The van der Waals surface area contributed by atoms with Gasteiger partial charge in [0.25, 0.3) is 0 Å². The van der Waals surface area contributed by atoms with Crippen LogP contribution in [-0.4, -0.2) is 9.97 Å². The Hall–Kier alpha value is -2.41. The van der Waals surface area contributed by atoms with Gasteiger partial charge in [-0.25, -0.2) is 4.98 Å². The predicted molar refractivity (Wildman–Crippen MR) is 75.4 cm³/mol. The van der Waals surface area contributed by atoms with Crippen molar-refractivity contribution in [3.05, 3.63) is 46.4 Å². The number of nitriles is 1. The van der Waals surface area contributed by atoms with Gasteiger partial charge < -0.3 is 5.32 Å². The van der Waals surface area contributed by atoms with Crippen LogP contribution in [0.3, 0.4) is 0 Å². The molecule has 0 aliphatic heterocycles. The van der Waals surface area contributed by atoms with E-state index in [0.29, 0.717) is 11.4 Å². The van der Waals surface area contributed by atoms with Crippen LogP contribution in [0.1, 0.15) is 28.2 Å². The molecule has 0 atom stereocenters. The van der Waals surface area contributed by atoms with Crippen molar-refractivity contribution in [3.63, 3.8) is 0 Å². The molecule has 1 N–H and O–H groups in total. The molecule has 2 aromatic rings. The zero-order chi connectivity index (χ0) is 14.0. The molecular formula is C15H16N4. The first-order valence-electron chi connectivity index (χ1n) is 6.11. The first-order valence-corrected chi connectivity index (χ1v) is 6.11. The largest absolute Gasteiger partial charge is 0.338 e. The number of rotatable bonds is 2. The summed E-state index contributed by atoms with van der Waals surface area (Å²) in [5.74, 6) is 0.591. The van der Waals surface area contributed by atoms with Crippen molar-refractivity contribution in [1.29, 1.82) is 5.26 Å². The lowest BCUT2D eigenvalue weighted by molar-refractivity contribution is 1.11. The first kappa shape index (κ1) is 13.0. The van der Waals surface area contributed by atoms with E-state index in [-0.39, 0.29) is 0 Å². The first-order chi connectivity index (χ1) is 9.01. The standard InChI is InChI=1S/C15H16N4/c1-9-7-11(3)18-15(13(9)8-16)19-14-6-5-10(2)17-12(14)4/h5-7H,1-4H3,(H,18,19). The normalized spacial score (nSPS) is 10.1. The molecule has 0 spiro atoms. The summed E-state index contributed by atoms with van der Waals surface area (Å²) in [6, 6.07) is 7.99. The van der Waals surface area contributed by atoms with Gasteiger partial charge in [0.15, 0.2) is 0 Å². The lowest BCUT2D eigenvalue weighted by Crippen LogP contribution is -2.03. The van der Waals surface area contributed by atoms with Crippen molar-refractivity contribution in [1.82, 2.24) is 9.97 Å². The van der Waals surface area contributed by atoms with E-state index in [2.05, 4.69) is 21.4 Å². The number of hydrogen-bond donors (Lipinski definition) is 1. The summed E-state index contributed by atoms with van der Waals surface area (Å²) < 4.78 is 0. The Morgan fingerprint density at radius 2 is 1.79 bits per heavy atom. The summed E-state index contributed by atoms with van der Waals surface area (Å²) in [5.41, 5.74) is 5.12. The fourth-order valence-electron chi connectivity index (χ4n) is 2.01. The molecule has 0 amide bonds. The summed E-state index contributed by atoms with van der Waals surface area (Å²) in [6.45, 7) is 7.72. The maximum absolute atomic E-state index is 9.24. The Morgan fingerprint density at radius 1 is 1.05 bits per heavy atom. The Balaban J connectivity index is 2.46. The lowest BCUT2D eigenvalue weighted by atomic mass is 10.1. The molecule has 19 heavy (non-hydrogen) atoms. The molecule has 0 saturated carbocycles. The van der Waals surface area contributed by atoms with Crippen LogP contribution < -0.4 is 5.32 Å². The Labute approximate surface area is 113 Å². The summed E-state index contributed by atoms with van der Waals surface area (Å²) in [6.07, 6.45) is 0. The Kier molecular flexibility index (Phi) is 3.48. The number of nitrogens with zero attached hydrogens (tertiary/aromatic N) is 3. The van der Waals surface area contributed by atoms with E-state index in [1.807, 2.05) is 45.9 Å². The third-order valence-corrected chi connectivity index (χ3v) is 2.93. The van der Waals surface area contributed by atoms with Gasteiger partial charge in [0.05, 0.1) is 16.9 Å². The molecule has 0 bridgehead atoms. The summed E-state index contributed by atoms with van der Waals surface area (Å²) in [7, 11) is 0. The van der Waals surface area contributed by atoms with E-state index in [0.717, 1.165) is 28.3 Å². The summed E-state index contributed by atoms with van der Waals surface area (Å²) in [4.78, 5) is 8.80. The highest BCUT2D eigenvalue weighted by molar-refractivity contribution is 5.66. The summed E-state index contributed by atoms with van der Waals surface area (Å²) in [5, 5.41) is 12.4. The third kappa shape index (κ3) is 2.71. The number of nitrogens with one attached hydrogen (secondary N) is 1. The average molecular weight is 252 g/mol. The molecule has 0 unspecified atom stereocenters. The van der Waals surface area contributed by atoms with Gasteiger partial charge in [0.1, 0.15) is 11.9 Å². The minimum atomic E-state index is 0.575. The molecule has 4 heteroatoms. The zero-order valence-corrected chi connectivity index (χ0v) is 11.6. The molecule has 0 aliphatic carbocycles. The van der Waals surface area contributed by atoms with Crippen molar-refractivity contribution in [2.45, 2.75) is 27.7 Å². The molecule has 0 aromatic carbocycles. The van der Waals surface area contributed by atoms with Gasteiger partial charge in [-0.05, 0) is 51.5 Å². The zero-order valence-electron chi connectivity index (χ0n) is 11.6. The van der Waals surface area contributed by atoms with E-state index in [1.54, 1.807) is 0 Å². The van der Waals surface area contributed by atoms with E-state index in [9.17, 15) is 5.26 Å². The van der Waals surface area contributed by atoms with E-state index >= 15 is 0 Å². The third-order valence-electron chi connectivity index (χ3n) is 2.93. The van der Waals surface area contributed by atoms with Gasteiger partial charge in [-0.1, -0.05) is 0 Å². The van der Waals surface area contributed by atoms with Gasteiger partial charge >= 0.3 is 0 Å². The quantitative estimate of drug-likeness (QED) is 0.890. The minimum absolute atomic E-state index is 0.575. The molecule has 96 valence electrons. The van der Waals surface area contributed by atoms with Crippen molar-refractivity contribution in [3.8, 4) is 6.07 Å². The van der Waals surface area contributed by atoms with Crippen LogP contribution in [0.25, 0.3) is 0 Å². The van der Waals surface area contributed by atoms with Gasteiger partial charge in [0, 0.05) is 11.4 Å². The fourth-order valence-corrected chi connectivity index (χ4v) is 2.01. The van der Waals surface area contributed by atoms with Crippen LogP contribution in [0.2, 0.25) is 0 Å². The maximum Gasteiger partial charge on any atom is 0.148 e. The Morgan fingerprint density at radius 3 is 2.42 bits per heavy atom. The predicted octanol–water partition coefficient (Wildman–Crippen LogP) is 3.33. The second-order valence-corrected chi connectivity index (χ2v) is 4.63. The summed E-state index contributed by atoms with van der Waals surface area (Å²) >= 11 is 0. The number of aromatic nitrogens is 2. The molecule has 2 aromatic heterocycles. The van der Waals surface area contributed by atoms with Gasteiger partial charge in [-0.3, -0.25) is 4.98 Å². The number of anilines is 2. The van der Waals surface area contributed by atoms with Crippen LogP contribution in [0.15, 0.2) is 18.2 Å². The van der Waals surface area contributed by atoms with Crippen LogP contribution in [-0.2, 0) is 0 Å². The second-order valence-electron chi connectivity index (χ2n) is 4.63. The average Bonchev–Trinajstić information content (AvgIpc) is 2.32. The molecule has 0 fully saturated rings. The molecule has 0 saturated heterocycles. The fraction of sp³-hybridized carbons (Fsp3) is 0.267. The van der Waals surface area contributed by atoms with Crippen LogP contribution >= 0.6 is 0 Å².